The van der Waals surface area contributed by atoms with Crippen LogP contribution in [0.25, 0.3) is 0 Å². The molecule has 13 fully saturated rings. The third-order valence-electron chi connectivity index (χ3n) is 30.2. The van der Waals surface area contributed by atoms with Gasteiger partial charge in [0.2, 0.25) is 6.29 Å². The van der Waals surface area contributed by atoms with Crippen molar-refractivity contribution < 1.29 is 217 Å². The van der Waals surface area contributed by atoms with Crippen LogP contribution in [0.2, 0.25) is 0 Å². The van der Waals surface area contributed by atoms with E-state index in [1.54, 1.807) is 6.92 Å². The minimum Gasteiger partial charge on any atom is -0.479 e. The number of carboxylic acids is 1. The van der Waals surface area contributed by atoms with Crippen LogP contribution in [0.4, 0.5) is 0 Å². The van der Waals surface area contributed by atoms with E-state index < -0.39 is 353 Å². The molecule has 0 aromatic heterocycles. The third kappa shape index (κ3) is 17.1. The second-order valence-electron chi connectivity index (χ2n) is 38.3. The molecule has 0 aromatic rings. The predicted molar refractivity (Wildman–Crippen MR) is 400 cm³/mol. The highest BCUT2D eigenvalue weighted by Crippen LogP contribution is 2.76. The number of aliphatic hydroxyl groups excluding tert-OH is 22. The monoisotopic (exact) mass is 1790 g/mol. The Kier molecular flexibility index (Phi) is 28.9. The standard InChI is InChI=1S/C80H126O44/c1-26-40(88)59(119-66-48(96)42(90)32(84)22-108-66)55(103)71(111-26)117-57-28(3)113-72(62(52(57)100)122-69-51(99)46(94)56(27(2)112-69)116-68-54(102)58(34(86)24-110-68)118-65-47(95)41(89)31(83)21-107-65)124-74(106)80-17-16-75(4,5)18-30(80)29-10-11-37-76(6)14-13-39(77(7,25-82)36(76)12-15-78(37,8)79(29,9)19-38(80)87)115-73-63(123-70-50(98)45(93)44(92)35(20-81)114-70)60(53(101)61(121-73)64(104)105)120-67-49(97)43(91)33(85)23-109-67/h10,25-28,30-63,65-73,81,83-103H,11-24H2,1-9H3,(H,104,105)/t26-,27+,28-,30+,31-,32-,33-,34-,35-,36-,37-,38-,39+,40-,41+,42+,43+,44+,45+,46+,47-,48-,49-,50-,51-,52+,53+,54-,55-,56+,57+,58+,59+,60+,61+,62-,63-,65+,66+,67+,68+,69+,70+,71+,72+,73-,76+,77+,78-,79-,80-/m1/s1. The molecular formula is C80H126O44. The fourth-order valence-corrected chi connectivity index (χ4v) is 22.6. The zero-order valence-electron chi connectivity index (χ0n) is 70.0. The van der Waals surface area contributed by atoms with Crippen LogP contribution in [-0.2, 0) is 99.6 Å². The quantitative estimate of drug-likeness (QED) is 0.0220. The first-order valence-electron chi connectivity index (χ1n) is 42.7. The Labute approximate surface area is 712 Å². The number of ether oxygens (including phenoxy) is 18. The van der Waals surface area contributed by atoms with Crippen molar-refractivity contribution in [2.24, 2.45) is 50.2 Å². The van der Waals surface area contributed by atoms with Gasteiger partial charge in [0.05, 0.1) is 69.0 Å². The van der Waals surface area contributed by atoms with Crippen LogP contribution in [0.5, 0.6) is 0 Å². The van der Waals surface area contributed by atoms with E-state index in [1.165, 1.54) is 20.8 Å². The van der Waals surface area contributed by atoms with Gasteiger partial charge in [-0.2, -0.15) is 0 Å². The van der Waals surface area contributed by atoms with Crippen LogP contribution in [0.1, 0.15) is 120 Å². The van der Waals surface area contributed by atoms with Gasteiger partial charge in [-0.25, -0.2) is 4.79 Å². The number of hydrogen-bond donors (Lipinski definition) is 23. The number of hydrogen-bond acceptors (Lipinski definition) is 43. The number of allylic oxidation sites excluding steroid dienone is 2. The lowest BCUT2D eigenvalue weighted by molar-refractivity contribution is -0.392. The highest BCUT2D eigenvalue weighted by atomic mass is 16.8. The molecule has 0 aromatic carbocycles. The number of aldehydes is 1. The van der Waals surface area contributed by atoms with E-state index in [1.807, 2.05) is 13.8 Å². The van der Waals surface area contributed by atoms with Crippen molar-refractivity contribution in [3.63, 3.8) is 0 Å². The number of carbonyl (C=O) groups excluding carboxylic acids is 2. The lowest BCUT2D eigenvalue weighted by Gasteiger charge is -2.71. The summed E-state index contributed by atoms with van der Waals surface area (Å²) < 4.78 is 108. The van der Waals surface area contributed by atoms with Crippen molar-refractivity contribution in [1.82, 2.24) is 0 Å². The van der Waals surface area contributed by atoms with Crippen molar-refractivity contribution in [2.75, 3.05) is 33.0 Å². The summed E-state index contributed by atoms with van der Waals surface area (Å²) in [5, 5.41) is 257. The Bertz CT molecular complexity index is 3680. The van der Waals surface area contributed by atoms with Crippen molar-refractivity contribution in [3.8, 4) is 0 Å². The molecule has 5 aliphatic carbocycles. The zero-order valence-corrected chi connectivity index (χ0v) is 70.0. The van der Waals surface area contributed by atoms with Crippen LogP contribution >= 0.6 is 0 Å². The van der Waals surface area contributed by atoms with Crippen LogP contribution in [0.3, 0.4) is 0 Å². The molecule has 14 rings (SSSR count). The molecular weight excluding hydrogens is 1660 g/mol. The van der Waals surface area contributed by atoms with E-state index in [4.69, 9.17) is 85.3 Å². The lowest BCUT2D eigenvalue weighted by atomic mass is 9.33. The van der Waals surface area contributed by atoms with E-state index in [9.17, 15) is 127 Å². The molecule has 14 aliphatic rings. The number of rotatable bonds is 21. The van der Waals surface area contributed by atoms with Crippen molar-refractivity contribution in [1.29, 1.82) is 0 Å². The molecule has 0 bridgehead atoms. The molecule has 44 heteroatoms. The molecule has 0 radical (unpaired) electrons. The van der Waals surface area contributed by atoms with Crippen LogP contribution in [0.15, 0.2) is 11.6 Å². The molecule has 0 spiro atoms. The van der Waals surface area contributed by atoms with E-state index in [0.29, 0.717) is 38.5 Å². The number of aliphatic hydroxyl groups is 22. The minimum atomic E-state index is -2.26. The summed E-state index contributed by atoms with van der Waals surface area (Å²) in [4.78, 5) is 43.8. The topological polar surface area (TPSA) is 683 Å². The van der Waals surface area contributed by atoms with E-state index >= 15 is 4.79 Å². The number of fused-ring (bicyclic) bond motifs is 7. The van der Waals surface area contributed by atoms with Gasteiger partial charge >= 0.3 is 11.9 Å². The Hall–Kier alpha value is -3.21. The number of carboxylic acid groups (broad SMARTS) is 1. The number of carbonyl (C=O) groups is 3. The first kappa shape index (κ1) is 96.8. The van der Waals surface area contributed by atoms with Gasteiger partial charge in [-0.15, -0.1) is 0 Å². The second-order valence-corrected chi connectivity index (χ2v) is 38.3. The SMILES string of the molecule is C[C@@H]1O[C@@H](O[C@H]2[C@H](OC(=O)[C@]34CCC(C)(C)C[C@H]3C3=CC[C@@H]5[C@@]6(C)CC[C@H](O[C@@H]7O[C@H](C(=O)O)[C@@H](O)[C@H](O[C@@H]8OC[C@@H](O)[C@H](O)[C@H]8O)[C@H]7O[C@@H]7O[C@H](CO)[C@H](O)[C@H](O)[C@H]7O)[C@@](C)(C=O)[C@@H]6CC[C@@]5(C)[C@]3(C)C[C@H]4O)O[C@H](C)[C@H](O[C@@H]3O[C@H](C)[C@@H](O)[C@H](O[C@@H]4OC[C@@H](O)[C@H](O)[C@H]4O)[C@H]3O)[C@@H]2O)[C@H](O)[C@H](O)[C@H]1O[C@@H]1OC[C@@H](O)[C@H](O[C@@H]2OC[C@@H](O)[C@H](O)[C@H]2O)[C@H]1O. The summed E-state index contributed by atoms with van der Waals surface area (Å²) in [5.74, 6) is -4.42. The molecule has 9 saturated heterocycles. The van der Waals surface area contributed by atoms with Crippen LogP contribution in [-0.4, -0.2) is 433 Å². The molecule has 9 aliphatic heterocycles. The predicted octanol–water partition coefficient (Wildman–Crippen LogP) is -9.03. The van der Waals surface area contributed by atoms with Crippen LogP contribution in [0, 0.1) is 50.2 Å². The van der Waals surface area contributed by atoms with Gasteiger partial charge in [0, 0.05) is 0 Å². The van der Waals surface area contributed by atoms with Gasteiger partial charge in [0.1, 0.15) is 177 Å². The lowest BCUT2D eigenvalue weighted by Crippen LogP contribution is -2.69. The number of esters is 1. The molecule has 4 saturated carbocycles. The third-order valence-corrected chi connectivity index (χ3v) is 30.2. The van der Waals surface area contributed by atoms with Gasteiger partial charge in [-0.05, 0) is 118 Å². The smallest absolute Gasteiger partial charge is 0.335 e. The largest absolute Gasteiger partial charge is 0.479 e. The Morgan fingerprint density at radius 2 is 0.895 bits per heavy atom. The van der Waals surface area contributed by atoms with E-state index in [0.717, 1.165) is 11.9 Å². The molecule has 9 heterocycles. The second kappa shape index (κ2) is 37.0. The van der Waals surface area contributed by atoms with Crippen molar-refractivity contribution in [3.05, 3.63) is 11.6 Å². The molecule has 23 N–H and O–H groups in total. The van der Waals surface area contributed by atoms with Gasteiger partial charge < -0.3 is 208 Å². The summed E-state index contributed by atoms with van der Waals surface area (Å²) in [7, 11) is 0. The van der Waals surface area contributed by atoms with Gasteiger partial charge in [0.15, 0.2) is 62.5 Å². The van der Waals surface area contributed by atoms with E-state index in [-0.39, 0.29) is 25.2 Å². The maximum Gasteiger partial charge on any atom is 0.335 e. The summed E-state index contributed by atoms with van der Waals surface area (Å²) in [6.07, 6.45) is -73.2. The van der Waals surface area contributed by atoms with Crippen LogP contribution < -0.4 is 0 Å². The summed E-state index contributed by atoms with van der Waals surface area (Å²) >= 11 is 0. The molecule has 44 nitrogen and oxygen atoms in total. The Balaban J connectivity index is 0.736. The summed E-state index contributed by atoms with van der Waals surface area (Å²) in [5.41, 5.74) is -5.44. The summed E-state index contributed by atoms with van der Waals surface area (Å²) in [6.45, 7) is 13.0. The average Bonchev–Trinajstić information content (AvgIpc) is 0.668. The van der Waals surface area contributed by atoms with Crippen molar-refractivity contribution >= 4 is 18.2 Å². The molecule has 0 unspecified atom stereocenters. The first-order valence-corrected chi connectivity index (χ1v) is 42.7. The van der Waals surface area contributed by atoms with Crippen molar-refractivity contribution in [2.45, 2.75) is 384 Å². The molecule has 51 atom stereocenters. The molecule has 0 amide bonds. The molecule has 124 heavy (non-hydrogen) atoms. The van der Waals surface area contributed by atoms with Gasteiger partial charge in [-0.1, -0.05) is 53.2 Å². The Morgan fingerprint density at radius 3 is 1.48 bits per heavy atom. The minimum absolute atomic E-state index is 0.0257. The fourth-order valence-electron chi connectivity index (χ4n) is 22.6. The van der Waals surface area contributed by atoms with E-state index in [2.05, 4.69) is 26.8 Å². The zero-order chi connectivity index (χ0) is 90.3. The average molecular weight is 1790 g/mol. The van der Waals surface area contributed by atoms with Gasteiger partial charge in [-0.3, -0.25) is 4.79 Å². The molecule has 710 valence electrons. The fraction of sp³-hybridized carbons (Fsp3) is 0.938. The van der Waals surface area contributed by atoms with Gasteiger partial charge in [0.25, 0.3) is 0 Å². The maximum atomic E-state index is 16.3. The number of aliphatic carboxylic acids is 1. The normalized spacial score (nSPS) is 55.4. The Morgan fingerprint density at radius 1 is 0.419 bits per heavy atom. The highest BCUT2D eigenvalue weighted by molar-refractivity contribution is 5.80. The first-order chi connectivity index (χ1) is 58.2. The maximum absolute atomic E-state index is 16.3. The summed E-state index contributed by atoms with van der Waals surface area (Å²) in [6, 6.07) is 0. The highest BCUT2D eigenvalue weighted by Gasteiger charge is 2.74.